The second kappa shape index (κ2) is 9.18. The van der Waals surface area contributed by atoms with Gasteiger partial charge < -0.3 is 15.0 Å². The fraction of sp³-hybridized carbons (Fsp3) is 0.565. The third-order valence-corrected chi connectivity index (χ3v) is 5.72. The molecule has 1 aromatic rings. The molecule has 2 heterocycles. The van der Waals surface area contributed by atoms with Crippen molar-refractivity contribution in [2.45, 2.75) is 46.1 Å². The molecule has 0 aliphatic carbocycles. The minimum absolute atomic E-state index is 0.0346. The molecule has 31 heavy (non-hydrogen) atoms. The van der Waals surface area contributed by atoms with Crippen LogP contribution < -0.4 is 5.32 Å². The Kier molecular flexibility index (Phi) is 6.79. The predicted molar refractivity (Wildman–Crippen MR) is 115 cm³/mol. The van der Waals surface area contributed by atoms with Gasteiger partial charge in [-0.05, 0) is 37.5 Å². The molecular weight excluding hydrogens is 398 g/mol. The van der Waals surface area contributed by atoms with Gasteiger partial charge in [0.2, 0.25) is 5.91 Å². The van der Waals surface area contributed by atoms with Crippen LogP contribution in [0, 0.1) is 5.41 Å². The Morgan fingerprint density at radius 3 is 2.35 bits per heavy atom. The van der Waals surface area contributed by atoms with Gasteiger partial charge >= 0.3 is 0 Å². The molecule has 168 valence electrons. The highest BCUT2D eigenvalue weighted by Gasteiger charge is 2.36. The van der Waals surface area contributed by atoms with E-state index in [0.29, 0.717) is 50.1 Å². The van der Waals surface area contributed by atoms with Gasteiger partial charge in [-0.1, -0.05) is 20.8 Å². The Labute approximate surface area is 182 Å². The van der Waals surface area contributed by atoms with Crippen LogP contribution in [-0.4, -0.2) is 72.8 Å². The van der Waals surface area contributed by atoms with Gasteiger partial charge in [0.15, 0.2) is 0 Å². The summed E-state index contributed by atoms with van der Waals surface area (Å²) < 4.78 is 4.98. The summed E-state index contributed by atoms with van der Waals surface area (Å²) in [5.74, 6) is -0.866. The third kappa shape index (κ3) is 4.95. The molecule has 3 rings (SSSR count). The van der Waals surface area contributed by atoms with E-state index in [-0.39, 0.29) is 41.8 Å². The Morgan fingerprint density at radius 1 is 1.10 bits per heavy atom. The number of carbonyl (C=O) groups is 4. The number of hydrogen-bond donors (Lipinski definition) is 1. The van der Waals surface area contributed by atoms with Gasteiger partial charge in [-0.3, -0.25) is 24.1 Å². The smallest absolute Gasteiger partial charge is 0.261 e. The van der Waals surface area contributed by atoms with Crippen molar-refractivity contribution in [2.75, 3.05) is 33.4 Å². The number of fused-ring (bicyclic) bond motifs is 1. The van der Waals surface area contributed by atoms with Gasteiger partial charge in [-0.2, -0.15) is 0 Å². The summed E-state index contributed by atoms with van der Waals surface area (Å²) in [6.07, 6.45) is 1.93. The summed E-state index contributed by atoms with van der Waals surface area (Å²) in [5.41, 5.74) is 0.530. The summed E-state index contributed by atoms with van der Waals surface area (Å²) in [7, 11) is 1.57. The summed E-state index contributed by atoms with van der Waals surface area (Å²) in [5, 5.41) is 3.00. The number of rotatable bonds is 6. The molecule has 1 N–H and O–H groups in total. The largest absolute Gasteiger partial charge is 0.385 e. The number of hydrogen-bond acceptors (Lipinski definition) is 5. The van der Waals surface area contributed by atoms with Crippen molar-refractivity contribution in [1.82, 2.24) is 15.1 Å². The van der Waals surface area contributed by atoms with Gasteiger partial charge in [0, 0.05) is 50.4 Å². The van der Waals surface area contributed by atoms with Gasteiger partial charge in [-0.15, -0.1) is 0 Å². The van der Waals surface area contributed by atoms with Crippen LogP contribution in [0.3, 0.4) is 0 Å². The van der Waals surface area contributed by atoms with Crippen LogP contribution >= 0.6 is 0 Å². The molecule has 0 saturated carbocycles. The van der Waals surface area contributed by atoms with Crippen molar-refractivity contribution in [3.63, 3.8) is 0 Å². The van der Waals surface area contributed by atoms with E-state index in [1.165, 1.54) is 11.0 Å². The fourth-order valence-electron chi connectivity index (χ4n) is 3.97. The number of amides is 4. The summed E-state index contributed by atoms with van der Waals surface area (Å²) in [6.45, 7) is 7.67. The van der Waals surface area contributed by atoms with Crippen molar-refractivity contribution in [3.8, 4) is 0 Å². The number of benzene rings is 1. The predicted octanol–water partition coefficient (Wildman–Crippen LogP) is 2.09. The zero-order valence-electron chi connectivity index (χ0n) is 18.7. The van der Waals surface area contributed by atoms with Crippen LogP contribution in [0.2, 0.25) is 0 Å². The SMILES string of the molecule is COCCCN1C(=O)c2ccc(C(=O)NC3CCN(C(=O)C(C)(C)C)CC3)cc2C1=O. The Bertz CT molecular complexity index is 882. The second-order valence-corrected chi connectivity index (χ2v) is 9.16. The number of ether oxygens (including phenoxy) is 1. The Hall–Kier alpha value is -2.74. The fourth-order valence-corrected chi connectivity index (χ4v) is 3.97. The lowest BCUT2D eigenvalue weighted by atomic mass is 9.93. The highest BCUT2D eigenvalue weighted by Crippen LogP contribution is 2.25. The van der Waals surface area contributed by atoms with E-state index in [9.17, 15) is 19.2 Å². The topological polar surface area (TPSA) is 96.0 Å². The number of carbonyl (C=O) groups excluding carboxylic acids is 4. The summed E-state index contributed by atoms with van der Waals surface area (Å²) in [4.78, 5) is 53.3. The lowest BCUT2D eigenvalue weighted by Gasteiger charge is -2.36. The molecule has 0 unspecified atom stereocenters. The van der Waals surface area contributed by atoms with E-state index >= 15 is 0 Å². The number of nitrogens with one attached hydrogen (secondary N) is 1. The van der Waals surface area contributed by atoms with Crippen molar-refractivity contribution in [3.05, 3.63) is 34.9 Å². The van der Waals surface area contributed by atoms with Gasteiger partial charge in [0.1, 0.15) is 0 Å². The first kappa shape index (κ1) is 22.9. The van der Waals surface area contributed by atoms with Crippen molar-refractivity contribution in [1.29, 1.82) is 0 Å². The van der Waals surface area contributed by atoms with Gasteiger partial charge in [0.25, 0.3) is 17.7 Å². The first-order valence-electron chi connectivity index (χ1n) is 10.7. The first-order valence-corrected chi connectivity index (χ1v) is 10.7. The molecule has 1 fully saturated rings. The second-order valence-electron chi connectivity index (χ2n) is 9.16. The average molecular weight is 430 g/mol. The Balaban J connectivity index is 1.61. The molecule has 2 aliphatic rings. The molecule has 1 saturated heterocycles. The monoisotopic (exact) mass is 429 g/mol. The number of methoxy groups -OCH3 is 1. The van der Waals surface area contributed by atoms with Gasteiger partial charge in [0.05, 0.1) is 11.1 Å². The maximum absolute atomic E-state index is 12.8. The maximum atomic E-state index is 12.8. The van der Waals surface area contributed by atoms with E-state index in [1.807, 2.05) is 25.7 Å². The molecule has 2 aliphatic heterocycles. The normalized spacial score (nSPS) is 17.2. The van der Waals surface area contributed by atoms with Crippen LogP contribution in [0.5, 0.6) is 0 Å². The molecule has 1 aromatic carbocycles. The molecule has 0 aromatic heterocycles. The highest BCUT2D eigenvalue weighted by atomic mass is 16.5. The third-order valence-electron chi connectivity index (χ3n) is 5.72. The van der Waals surface area contributed by atoms with Crippen LogP contribution in [0.4, 0.5) is 0 Å². The van der Waals surface area contributed by atoms with E-state index in [1.54, 1.807) is 19.2 Å². The number of likely N-dealkylation sites (tertiary alicyclic amines) is 1. The molecule has 0 bridgehead atoms. The van der Waals surface area contributed by atoms with Crippen LogP contribution in [0.15, 0.2) is 18.2 Å². The summed E-state index contributed by atoms with van der Waals surface area (Å²) >= 11 is 0. The highest BCUT2D eigenvalue weighted by molar-refractivity contribution is 6.22. The van der Waals surface area contributed by atoms with E-state index in [0.717, 1.165) is 0 Å². The summed E-state index contributed by atoms with van der Waals surface area (Å²) in [6, 6.07) is 4.59. The Morgan fingerprint density at radius 2 is 1.74 bits per heavy atom. The van der Waals surface area contributed by atoms with Crippen LogP contribution in [0.25, 0.3) is 0 Å². The minimum Gasteiger partial charge on any atom is -0.385 e. The minimum atomic E-state index is -0.415. The van der Waals surface area contributed by atoms with Gasteiger partial charge in [-0.25, -0.2) is 0 Å². The standard InChI is InChI=1S/C23H31N3O5/c1-23(2,3)22(30)25-11-8-16(9-12-25)24-19(27)15-6-7-17-18(14-15)21(29)26(20(17)28)10-5-13-31-4/h6-7,14,16H,5,8-13H2,1-4H3,(H,24,27). The van der Waals surface area contributed by atoms with E-state index < -0.39 is 5.41 Å². The molecule has 0 atom stereocenters. The van der Waals surface area contributed by atoms with E-state index in [4.69, 9.17) is 4.74 Å². The van der Waals surface area contributed by atoms with Crippen LogP contribution in [0.1, 0.15) is 71.1 Å². The van der Waals surface area contributed by atoms with Crippen molar-refractivity contribution in [2.24, 2.45) is 5.41 Å². The number of imide groups is 1. The lowest BCUT2D eigenvalue weighted by Crippen LogP contribution is -2.49. The number of piperidine rings is 1. The number of nitrogens with zero attached hydrogens (tertiary/aromatic N) is 2. The lowest BCUT2D eigenvalue weighted by molar-refractivity contribution is -0.140. The molecule has 0 radical (unpaired) electrons. The maximum Gasteiger partial charge on any atom is 0.261 e. The zero-order valence-corrected chi connectivity index (χ0v) is 18.7. The van der Waals surface area contributed by atoms with E-state index in [2.05, 4.69) is 5.32 Å². The van der Waals surface area contributed by atoms with Crippen LogP contribution in [-0.2, 0) is 9.53 Å². The quantitative estimate of drug-likeness (QED) is 0.552. The van der Waals surface area contributed by atoms with Crippen molar-refractivity contribution < 1.29 is 23.9 Å². The zero-order chi connectivity index (χ0) is 22.8. The molecule has 8 nitrogen and oxygen atoms in total. The molecule has 0 spiro atoms. The molecule has 8 heteroatoms. The average Bonchev–Trinajstić information content (AvgIpc) is 2.97. The van der Waals surface area contributed by atoms with Crippen molar-refractivity contribution >= 4 is 23.6 Å². The first-order chi connectivity index (χ1) is 14.6. The molecule has 4 amide bonds. The molecular formula is C23H31N3O5.